The van der Waals surface area contributed by atoms with Gasteiger partial charge >= 0.3 is 0 Å². The van der Waals surface area contributed by atoms with Crippen LogP contribution in [0.1, 0.15) is 296 Å². The molecule has 3 unspecified atom stereocenters. The van der Waals surface area contributed by atoms with Gasteiger partial charge in [-0.3, -0.25) is 4.79 Å². The smallest absolute Gasteiger partial charge is 0.249 e. The molecular weight excluding hydrogens is 715 g/mol. The molecule has 0 fully saturated rings. The number of amides is 1. The summed E-state index contributed by atoms with van der Waals surface area (Å²) in [5.74, 6) is -0.470. The first kappa shape index (κ1) is 57.1. The normalized spacial score (nSPS) is 13.4. The third-order valence-corrected chi connectivity index (χ3v) is 12.6. The van der Waals surface area contributed by atoms with Crippen LogP contribution < -0.4 is 5.32 Å². The molecule has 0 saturated carbocycles. The van der Waals surface area contributed by atoms with Crippen molar-refractivity contribution in [1.82, 2.24) is 5.32 Å². The molecule has 4 N–H and O–H groups in total. The van der Waals surface area contributed by atoms with E-state index < -0.39 is 24.2 Å². The topological polar surface area (TPSA) is 89.8 Å². The molecule has 0 radical (unpaired) electrons. The second-order valence-electron chi connectivity index (χ2n) is 18.4. The number of hydrogen-bond acceptors (Lipinski definition) is 4. The van der Waals surface area contributed by atoms with Crippen molar-refractivity contribution in [1.29, 1.82) is 0 Å². The molecule has 0 rings (SSSR count). The fraction of sp³-hybridized carbons (Fsp3) is 0.943. The Balaban J connectivity index is 3.54. The lowest BCUT2D eigenvalue weighted by molar-refractivity contribution is -0.131. The van der Waals surface area contributed by atoms with Gasteiger partial charge in [0.25, 0.3) is 0 Å². The zero-order valence-corrected chi connectivity index (χ0v) is 39.5. The Kier molecular flexibility index (Phi) is 48.0. The maximum Gasteiger partial charge on any atom is 0.249 e. The van der Waals surface area contributed by atoms with Crippen molar-refractivity contribution in [2.24, 2.45) is 0 Å². The van der Waals surface area contributed by atoms with E-state index in [0.717, 1.165) is 32.1 Å². The zero-order valence-electron chi connectivity index (χ0n) is 39.5. The van der Waals surface area contributed by atoms with Crippen LogP contribution in [0.2, 0.25) is 0 Å². The van der Waals surface area contributed by atoms with Crippen molar-refractivity contribution in [3.8, 4) is 0 Å². The van der Waals surface area contributed by atoms with Gasteiger partial charge in [0.15, 0.2) is 0 Å². The maximum atomic E-state index is 12.5. The lowest BCUT2D eigenvalue weighted by Crippen LogP contribution is -2.49. The average Bonchev–Trinajstić information content (AvgIpc) is 3.23. The van der Waals surface area contributed by atoms with Crippen LogP contribution in [-0.4, -0.2) is 46.1 Å². The molecule has 0 aliphatic heterocycles. The number of carbonyl (C=O) groups is 1. The highest BCUT2D eigenvalue weighted by Crippen LogP contribution is 2.17. The number of carbonyl (C=O) groups excluding carboxylic acids is 1. The van der Waals surface area contributed by atoms with E-state index in [4.69, 9.17) is 0 Å². The monoisotopic (exact) mass is 820 g/mol. The van der Waals surface area contributed by atoms with Crippen LogP contribution in [0.25, 0.3) is 0 Å². The Hall–Kier alpha value is -0.910. The fourth-order valence-electron chi connectivity index (χ4n) is 8.48. The molecular formula is C53H105NO4. The quantitative estimate of drug-likeness (QED) is 0.0364. The number of rotatable bonds is 49. The summed E-state index contributed by atoms with van der Waals surface area (Å²) < 4.78 is 0. The lowest BCUT2D eigenvalue weighted by atomic mass is 10.0. The van der Waals surface area contributed by atoms with E-state index in [-0.39, 0.29) is 6.61 Å². The molecule has 0 heterocycles. The number of allylic oxidation sites excluding steroid dienone is 2. The van der Waals surface area contributed by atoms with Crippen molar-refractivity contribution >= 4 is 5.91 Å². The number of nitrogens with one attached hydrogen (secondary N) is 1. The molecule has 58 heavy (non-hydrogen) atoms. The molecule has 346 valence electrons. The SMILES string of the molecule is CCCCCCCCCCCC/C=C\CCCCCCCCC(O)C(=O)NC(CO)C(O)CCCCCCCCCCCCCCCCCCCCCCCCCC. The first-order valence-electron chi connectivity index (χ1n) is 26.5. The highest BCUT2D eigenvalue weighted by molar-refractivity contribution is 5.80. The third kappa shape index (κ3) is 43.2. The van der Waals surface area contributed by atoms with Crippen molar-refractivity contribution in [2.75, 3.05) is 6.61 Å². The highest BCUT2D eigenvalue weighted by atomic mass is 16.3. The lowest BCUT2D eigenvalue weighted by Gasteiger charge is -2.23. The third-order valence-electron chi connectivity index (χ3n) is 12.6. The van der Waals surface area contributed by atoms with Crippen LogP contribution in [0, 0.1) is 0 Å². The van der Waals surface area contributed by atoms with Crippen molar-refractivity contribution < 1.29 is 20.1 Å². The molecule has 0 aromatic rings. The van der Waals surface area contributed by atoms with Gasteiger partial charge < -0.3 is 20.6 Å². The van der Waals surface area contributed by atoms with E-state index in [2.05, 4.69) is 31.3 Å². The van der Waals surface area contributed by atoms with E-state index in [1.165, 1.54) is 238 Å². The van der Waals surface area contributed by atoms with Gasteiger partial charge in [-0.15, -0.1) is 0 Å². The minimum Gasteiger partial charge on any atom is -0.394 e. The van der Waals surface area contributed by atoms with Gasteiger partial charge in [0.1, 0.15) is 6.10 Å². The summed E-state index contributed by atoms with van der Waals surface area (Å²) in [4.78, 5) is 12.5. The summed E-state index contributed by atoms with van der Waals surface area (Å²) in [5, 5.41) is 33.5. The van der Waals surface area contributed by atoms with Gasteiger partial charge in [-0.25, -0.2) is 0 Å². The number of aliphatic hydroxyl groups is 3. The summed E-state index contributed by atoms with van der Waals surface area (Å²) in [6, 6.07) is -0.712. The number of aliphatic hydroxyl groups excluding tert-OH is 3. The van der Waals surface area contributed by atoms with E-state index >= 15 is 0 Å². The molecule has 0 spiro atoms. The predicted octanol–water partition coefficient (Wildman–Crippen LogP) is 15.9. The van der Waals surface area contributed by atoms with Crippen molar-refractivity contribution in [3.63, 3.8) is 0 Å². The summed E-state index contributed by atoms with van der Waals surface area (Å²) in [5.41, 5.74) is 0. The first-order chi connectivity index (χ1) is 28.6. The maximum absolute atomic E-state index is 12.5. The van der Waals surface area contributed by atoms with Gasteiger partial charge in [-0.05, 0) is 38.5 Å². The Morgan fingerprint density at radius 1 is 0.397 bits per heavy atom. The van der Waals surface area contributed by atoms with Gasteiger partial charge in [0, 0.05) is 0 Å². The molecule has 3 atom stereocenters. The summed E-state index contributed by atoms with van der Waals surface area (Å²) >= 11 is 0. The number of hydrogen-bond donors (Lipinski definition) is 4. The summed E-state index contributed by atoms with van der Waals surface area (Å²) in [7, 11) is 0. The molecule has 0 aromatic heterocycles. The summed E-state index contributed by atoms with van der Waals surface area (Å²) in [6.45, 7) is 4.26. The van der Waals surface area contributed by atoms with Crippen LogP contribution in [0.4, 0.5) is 0 Å². The minimum absolute atomic E-state index is 0.312. The van der Waals surface area contributed by atoms with Crippen LogP contribution in [0.3, 0.4) is 0 Å². The molecule has 1 amide bonds. The van der Waals surface area contributed by atoms with E-state index in [0.29, 0.717) is 12.8 Å². The highest BCUT2D eigenvalue weighted by Gasteiger charge is 2.23. The second-order valence-corrected chi connectivity index (χ2v) is 18.4. The van der Waals surface area contributed by atoms with Crippen molar-refractivity contribution in [2.45, 2.75) is 315 Å². The van der Waals surface area contributed by atoms with E-state index in [9.17, 15) is 20.1 Å². The Bertz CT molecular complexity index is 818. The molecule has 0 aliphatic carbocycles. The molecule has 0 aliphatic rings. The first-order valence-corrected chi connectivity index (χ1v) is 26.5. The Labute approximate surface area is 363 Å². The number of unbranched alkanes of at least 4 members (excludes halogenated alkanes) is 39. The van der Waals surface area contributed by atoms with Crippen LogP contribution in [0.5, 0.6) is 0 Å². The van der Waals surface area contributed by atoms with Crippen LogP contribution in [-0.2, 0) is 4.79 Å². The molecule has 5 nitrogen and oxygen atoms in total. The van der Waals surface area contributed by atoms with Crippen LogP contribution >= 0.6 is 0 Å². The molecule has 0 saturated heterocycles. The second kappa shape index (κ2) is 48.8. The van der Waals surface area contributed by atoms with Gasteiger partial charge in [0.2, 0.25) is 5.91 Å². The molecule has 0 aromatic carbocycles. The fourth-order valence-corrected chi connectivity index (χ4v) is 8.48. The van der Waals surface area contributed by atoms with E-state index in [1.807, 2.05) is 0 Å². The zero-order chi connectivity index (χ0) is 42.3. The predicted molar refractivity (Wildman–Crippen MR) is 255 cm³/mol. The van der Waals surface area contributed by atoms with Gasteiger partial charge in [-0.1, -0.05) is 270 Å². The largest absolute Gasteiger partial charge is 0.394 e. The average molecular weight is 820 g/mol. The standard InChI is InChI=1S/C53H105NO4/c1-3-5-7-9-11-13-15-17-19-21-23-25-26-27-28-30-31-33-35-37-39-41-43-45-47-51(56)50(49-55)54-53(58)52(57)48-46-44-42-40-38-36-34-32-29-24-22-20-18-16-14-12-10-8-6-4-2/h29,32,50-52,55-57H,3-28,30-31,33-49H2,1-2H3,(H,54,58)/b32-29-. The van der Waals surface area contributed by atoms with Crippen LogP contribution in [0.15, 0.2) is 12.2 Å². The Morgan fingerprint density at radius 2 is 0.655 bits per heavy atom. The van der Waals surface area contributed by atoms with Gasteiger partial charge in [-0.2, -0.15) is 0 Å². The Morgan fingerprint density at radius 3 is 0.948 bits per heavy atom. The summed E-state index contributed by atoms with van der Waals surface area (Å²) in [6.07, 6.45) is 59.5. The van der Waals surface area contributed by atoms with E-state index in [1.54, 1.807) is 0 Å². The molecule has 5 heteroatoms. The van der Waals surface area contributed by atoms with Gasteiger partial charge in [0.05, 0.1) is 18.8 Å². The minimum atomic E-state index is -1.08. The van der Waals surface area contributed by atoms with Crippen molar-refractivity contribution in [3.05, 3.63) is 12.2 Å². The molecule has 0 bridgehead atoms.